The molecular formula is C29H36O7S. The van der Waals surface area contributed by atoms with E-state index in [1.807, 2.05) is 30.3 Å². The van der Waals surface area contributed by atoms with Gasteiger partial charge in [0, 0.05) is 38.0 Å². The molecule has 0 fully saturated rings. The first kappa shape index (κ1) is 30.2. The van der Waals surface area contributed by atoms with Gasteiger partial charge in [-0.15, -0.1) is 24.9 Å². The van der Waals surface area contributed by atoms with E-state index in [1.165, 1.54) is 26.0 Å². The zero-order chi connectivity index (χ0) is 27.0. The van der Waals surface area contributed by atoms with Crippen molar-refractivity contribution in [1.82, 2.24) is 0 Å². The monoisotopic (exact) mass is 528 g/mol. The molecule has 0 aliphatic carbocycles. The normalized spacial score (nSPS) is 12.3. The summed E-state index contributed by atoms with van der Waals surface area (Å²) < 4.78 is 27.1. The molecule has 2 atom stereocenters. The van der Waals surface area contributed by atoms with Crippen molar-refractivity contribution in [3.63, 3.8) is 0 Å². The van der Waals surface area contributed by atoms with E-state index in [0.29, 0.717) is 30.6 Å². The van der Waals surface area contributed by atoms with Gasteiger partial charge in [-0.2, -0.15) is 0 Å². The Morgan fingerprint density at radius 2 is 1.70 bits per heavy atom. The first-order chi connectivity index (χ1) is 17.9. The number of thioether (sulfide) groups is 1. The lowest BCUT2D eigenvalue weighted by Crippen LogP contribution is -2.23. The summed E-state index contributed by atoms with van der Waals surface area (Å²) in [6, 6.07) is 13.0. The van der Waals surface area contributed by atoms with Crippen LogP contribution in [0.25, 0.3) is 0 Å². The highest BCUT2D eigenvalue weighted by molar-refractivity contribution is 8.00. The fourth-order valence-corrected chi connectivity index (χ4v) is 4.62. The molecule has 0 spiro atoms. The van der Waals surface area contributed by atoms with Crippen molar-refractivity contribution in [1.29, 1.82) is 0 Å². The number of ether oxygens (including phenoxy) is 5. The van der Waals surface area contributed by atoms with Gasteiger partial charge in [-0.25, -0.2) is 4.79 Å². The highest BCUT2D eigenvalue weighted by Gasteiger charge is 2.27. The minimum Gasteiger partial charge on any atom is -0.467 e. The lowest BCUT2D eigenvalue weighted by Gasteiger charge is -2.20. The van der Waals surface area contributed by atoms with Crippen molar-refractivity contribution in [3.05, 3.63) is 78.9 Å². The smallest absolute Gasteiger partial charge is 0.342 e. The van der Waals surface area contributed by atoms with Gasteiger partial charge in [0.25, 0.3) is 0 Å². The first-order valence-corrected chi connectivity index (χ1v) is 12.9. The number of benzene rings is 2. The van der Waals surface area contributed by atoms with Crippen molar-refractivity contribution in [3.8, 4) is 11.5 Å². The van der Waals surface area contributed by atoms with Gasteiger partial charge in [0.05, 0.1) is 5.25 Å². The number of methoxy groups -OCH3 is 2. The summed E-state index contributed by atoms with van der Waals surface area (Å²) >= 11 is 1.50. The number of allylic oxidation sites excluding steroid dienone is 1. The zero-order valence-corrected chi connectivity index (χ0v) is 22.6. The number of rotatable bonds is 18. The second-order valence-corrected chi connectivity index (χ2v) is 9.50. The van der Waals surface area contributed by atoms with Crippen LogP contribution in [0.1, 0.15) is 42.1 Å². The predicted molar refractivity (Wildman–Crippen MR) is 145 cm³/mol. The van der Waals surface area contributed by atoms with Crippen LogP contribution in [0.15, 0.2) is 72.7 Å². The summed E-state index contributed by atoms with van der Waals surface area (Å²) in [4.78, 5) is 27.9. The summed E-state index contributed by atoms with van der Waals surface area (Å²) in [7, 11) is 2.98. The lowest BCUT2D eigenvalue weighted by molar-refractivity contribution is -0.118. The molecule has 200 valence electrons. The fourth-order valence-electron chi connectivity index (χ4n) is 3.51. The third-order valence-corrected chi connectivity index (χ3v) is 6.55. The van der Waals surface area contributed by atoms with Crippen LogP contribution in [0, 0.1) is 0 Å². The van der Waals surface area contributed by atoms with Gasteiger partial charge in [-0.05, 0) is 43.5 Å². The molecule has 2 unspecified atom stereocenters. The number of carbonyl (C=O) groups excluding carboxylic acids is 2. The highest BCUT2D eigenvalue weighted by Crippen LogP contribution is 2.33. The second-order valence-electron chi connectivity index (χ2n) is 8.23. The number of hydrogen-bond donors (Lipinski definition) is 0. The maximum Gasteiger partial charge on any atom is 0.342 e. The molecule has 0 bridgehead atoms. The molecule has 0 aromatic heterocycles. The van der Waals surface area contributed by atoms with E-state index in [2.05, 4.69) is 13.2 Å². The molecule has 2 aromatic rings. The topological polar surface area (TPSA) is 80.3 Å². The summed E-state index contributed by atoms with van der Waals surface area (Å²) in [6.07, 6.45) is 4.84. The molecule has 8 heteroatoms. The van der Waals surface area contributed by atoms with Crippen LogP contribution in [0.3, 0.4) is 0 Å². The quantitative estimate of drug-likeness (QED) is 0.101. The van der Waals surface area contributed by atoms with Crippen molar-refractivity contribution in [2.45, 2.75) is 48.9 Å². The molecular weight excluding hydrogens is 492 g/mol. The van der Waals surface area contributed by atoms with Gasteiger partial charge >= 0.3 is 5.97 Å². The van der Waals surface area contributed by atoms with Gasteiger partial charge in [0.1, 0.15) is 23.2 Å². The van der Waals surface area contributed by atoms with Crippen LogP contribution in [0.2, 0.25) is 0 Å². The van der Waals surface area contributed by atoms with Gasteiger partial charge in [-0.1, -0.05) is 30.4 Å². The molecule has 0 saturated carbocycles. The molecule has 37 heavy (non-hydrogen) atoms. The summed E-state index contributed by atoms with van der Waals surface area (Å²) in [6.45, 7) is 9.16. The third kappa shape index (κ3) is 10.1. The summed E-state index contributed by atoms with van der Waals surface area (Å²) in [5.41, 5.74) is 0.607. The SMILES string of the molecule is C=CCCC(Sc1ccccc1)C(=O)Cc1cc(OCOC)cc(OCOC)c1C(=O)OC(C)CC=C. The Morgan fingerprint density at radius 3 is 2.35 bits per heavy atom. The Kier molecular flexibility index (Phi) is 13.6. The highest BCUT2D eigenvalue weighted by atomic mass is 32.2. The third-order valence-electron chi connectivity index (χ3n) is 5.22. The largest absolute Gasteiger partial charge is 0.467 e. The van der Waals surface area contributed by atoms with Crippen molar-refractivity contribution >= 4 is 23.5 Å². The van der Waals surface area contributed by atoms with E-state index >= 15 is 0 Å². The Bertz CT molecular complexity index is 1020. The Morgan fingerprint density at radius 1 is 1.00 bits per heavy atom. The van der Waals surface area contributed by atoms with Crippen molar-refractivity contribution in [2.24, 2.45) is 0 Å². The maximum atomic E-state index is 13.6. The minimum absolute atomic E-state index is 0.0108. The Labute approximate surface area is 223 Å². The number of ketones is 1. The van der Waals surface area contributed by atoms with Gasteiger partial charge < -0.3 is 23.7 Å². The van der Waals surface area contributed by atoms with E-state index in [0.717, 1.165) is 4.90 Å². The summed E-state index contributed by atoms with van der Waals surface area (Å²) in [5, 5.41) is -0.337. The van der Waals surface area contributed by atoms with Crippen LogP contribution < -0.4 is 9.47 Å². The predicted octanol–water partition coefficient (Wildman–Crippen LogP) is 6.01. The molecule has 0 N–H and O–H groups in total. The molecule has 0 saturated heterocycles. The maximum absolute atomic E-state index is 13.6. The van der Waals surface area contributed by atoms with E-state index in [9.17, 15) is 9.59 Å². The molecule has 7 nitrogen and oxygen atoms in total. The molecule has 2 aromatic carbocycles. The molecule has 0 aliphatic heterocycles. The van der Waals surface area contributed by atoms with Crippen LogP contribution in [0.5, 0.6) is 11.5 Å². The lowest BCUT2D eigenvalue weighted by atomic mass is 9.98. The van der Waals surface area contributed by atoms with Gasteiger partial charge in [-0.3, -0.25) is 4.79 Å². The van der Waals surface area contributed by atoms with E-state index in [1.54, 1.807) is 31.2 Å². The average Bonchev–Trinajstić information content (AvgIpc) is 2.89. The molecule has 0 aliphatic rings. The minimum atomic E-state index is -0.597. The van der Waals surface area contributed by atoms with Gasteiger partial charge in [0.15, 0.2) is 19.4 Å². The standard InChI is InChI=1S/C29H36O7S/c1-6-8-15-27(37-24-13-10-9-11-14-24)25(30)17-22-16-23(34-19-32-4)18-26(35-20-33-5)28(22)29(31)36-21(3)12-7-2/h6-7,9-11,13-14,16,18,21,27H,1-2,8,12,15,17,19-20H2,3-5H3. The molecule has 0 radical (unpaired) electrons. The van der Waals surface area contributed by atoms with E-state index in [-0.39, 0.29) is 42.4 Å². The average molecular weight is 529 g/mol. The van der Waals surface area contributed by atoms with Crippen molar-refractivity contribution < 1.29 is 33.3 Å². The number of carbonyl (C=O) groups is 2. The zero-order valence-electron chi connectivity index (χ0n) is 21.8. The molecule has 0 heterocycles. The van der Waals surface area contributed by atoms with E-state index < -0.39 is 12.1 Å². The van der Waals surface area contributed by atoms with Crippen molar-refractivity contribution in [2.75, 3.05) is 27.8 Å². The number of esters is 1. The summed E-state index contributed by atoms with van der Waals surface area (Å²) in [5.74, 6) is -0.0393. The van der Waals surface area contributed by atoms with Crippen LogP contribution in [-0.4, -0.2) is 50.9 Å². The number of Topliss-reactive ketones (excluding diaryl/α,β-unsaturated/α-hetero) is 1. The Balaban J connectivity index is 2.47. The molecule has 0 amide bonds. The second kappa shape index (κ2) is 16.6. The van der Waals surface area contributed by atoms with Crippen LogP contribution in [0.4, 0.5) is 0 Å². The van der Waals surface area contributed by atoms with Crippen LogP contribution >= 0.6 is 11.8 Å². The molecule has 2 rings (SSSR count). The first-order valence-electron chi connectivity index (χ1n) is 12.0. The Hall–Kier alpha value is -3.07. The number of hydrogen-bond acceptors (Lipinski definition) is 8. The van der Waals surface area contributed by atoms with Gasteiger partial charge in [0.2, 0.25) is 0 Å². The fraction of sp³-hybridized carbons (Fsp3) is 0.379. The van der Waals surface area contributed by atoms with E-state index in [4.69, 9.17) is 23.7 Å². The van der Waals surface area contributed by atoms with Crippen LogP contribution in [-0.2, 0) is 25.4 Å².